The molecule has 7 aromatic carbocycles. The van der Waals surface area contributed by atoms with Crippen LogP contribution in [-0.2, 0) is 10.8 Å². The lowest BCUT2D eigenvalue weighted by Crippen LogP contribution is -2.32. The van der Waals surface area contributed by atoms with Crippen LogP contribution in [0.25, 0.3) is 44.5 Å². The number of rotatable bonds is 2. The summed E-state index contributed by atoms with van der Waals surface area (Å²) in [5, 5.41) is 0. The summed E-state index contributed by atoms with van der Waals surface area (Å²) >= 11 is 0. The fourth-order valence-electron chi connectivity index (χ4n) is 8.87. The van der Waals surface area contributed by atoms with Gasteiger partial charge in [0.2, 0.25) is 0 Å². The summed E-state index contributed by atoms with van der Waals surface area (Å²) in [5.41, 5.74) is 17.5. The molecule has 0 amide bonds. The maximum atomic E-state index is 6.65. The minimum Gasteiger partial charge on any atom is -0.457 e. The average molecular weight is 601 g/mol. The summed E-state index contributed by atoms with van der Waals surface area (Å²) in [4.78, 5) is 0. The van der Waals surface area contributed by atoms with E-state index < -0.39 is 5.41 Å². The third-order valence-corrected chi connectivity index (χ3v) is 11.0. The van der Waals surface area contributed by atoms with Gasteiger partial charge in [-0.15, -0.1) is 0 Å². The van der Waals surface area contributed by atoms with Crippen molar-refractivity contribution in [3.8, 4) is 56.0 Å². The third-order valence-electron chi connectivity index (χ3n) is 11.0. The molecule has 0 saturated carbocycles. The first-order valence-electron chi connectivity index (χ1n) is 16.5. The van der Waals surface area contributed by atoms with Crippen LogP contribution < -0.4 is 4.74 Å². The Morgan fingerprint density at radius 3 is 1.60 bits per heavy atom. The molecule has 0 radical (unpaired) electrons. The van der Waals surface area contributed by atoms with Crippen LogP contribution in [0.1, 0.15) is 47.2 Å². The van der Waals surface area contributed by atoms with Gasteiger partial charge >= 0.3 is 0 Å². The minimum atomic E-state index is -0.460. The standard InChI is InChI=1S/C46H32O/c1-45(2)36-16-6-5-14-35(36)44-32(15-11-20-40(44)45)30-24-22-29(23-25-30)31-26-27-43-41(28-31)46(39-19-9-10-21-42(39)47-43)37-17-7-3-12-33(37)34-13-4-8-18-38(34)46/h3-28H,1-2H3. The van der Waals surface area contributed by atoms with Crippen LogP contribution in [0.5, 0.6) is 11.5 Å². The van der Waals surface area contributed by atoms with Gasteiger partial charge in [0.15, 0.2) is 0 Å². The van der Waals surface area contributed by atoms with E-state index in [2.05, 4.69) is 172 Å². The molecule has 1 aliphatic heterocycles. The number of ether oxygens (including phenoxy) is 1. The molecule has 1 heterocycles. The monoisotopic (exact) mass is 600 g/mol. The Kier molecular flexibility index (Phi) is 5.33. The molecule has 0 bridgehead atoms. The van der Waals surface area contributed by atoms with Crippen molar-refractivity contribution in [1.29, 1.82) is 0 Å². The van der Waals surface area contributed by atoms with Crippen LogP contribution in [0.15, 0.2) is 158 Å². The van der Waals surface area contributed by atoms with Gasteiger partial charge in [-0.2, -0.15) is 0 Å². The molecule has 222 valence electrons. The molecule has 7 aromatic rings. The Labute approximate surface area is 275 Å². The van der Waals surface area contributed by atoms with Crippen molar-refractivity contribution in [2.45, 2.75) is 24.7 Å². The summed E-state index contributed by atoms with van der Waals surface area (Å²) < 4.78 is 6.65. The van der Waals surface area contributed by atoms with Crippen LogP contribution in [0.4, 0.5) is 0 Å². The smallest absolute Gasteiger partial charge is 0.132 e. The van der Waals surface area contributed by atoms with Crippen LogP contribution in [0, 0.1) is 0 Å². The number of hydrogen-bond donors (Lipinski definition) is 0. The molecule has 1 nitrogen and oxygen atoms in total. The molecule has 0 atom stereocenters. The third kappa shape index (κ3) is 3.44. The van der Waals surface area contributed by atoms with Gasteiger partial charge in [0.25, 0.3) is 0 Å². The van der Waals surface area contributed by atoms with Crippen molar-refractivity contribution < 1.29 is 4.74 Å². The molecule has 3 aliphatic rings. The number of benzene rings is 7. The molecule has 0 saturated heterocycles. The SMILES string of the molecule is CC1(C)c2ccccc2-c2c(-c3ccc(-c4ccc5c(c4)C4(c6ccccc6O5)c5ccccc5-c5ccccc54)cc3)cccc21. The van der Waals surface area contributed by atoms with Gasteiger partial charge in [0.05, 0.1) is 5.41 Å². The first-order chi connectivity index (χ1) is 23.1. The highest BCUT2D eigenvalue weighted by molar-refractivity contribution is 5.93. The zero-order chi connectivity index (χ0) is 31.3. The largest absolute Gasteiger partial charge is 0.457 e. The van der Waals surface area contributed by atoms with Crippen molar-refractivity contribution in [2.75, 3.05) is 0 Å². The Hall–Kier alpha value is -5.66. The normalized spacial score (nSPS) is 15.1. The Bertz CT molecular complexity index is 2360. The summed E-state index contributed by atoms with van der Waals surface area (Å²) in [6.07, 6.45) is 0. The van der Waals surface area contributed by atoms with Crippen molar-refractivity contribution in [1.82, 2.24) is 0 Å². The summed E-state index contributed by atoms with van der Waals surface area (Å²) in [6, 6.07) is 57.9. The molecule has 0 aromatic heterocycles. The lowest BCUT2D eigenvalue weighted by atomic mass is 9.66. The van der Waals surface area contributed by atoms with Crippen LogP contribution in [-0.4, -0.2) is 0 Å². The van der Waals surface area contributed by atoms with E-state index in [0.29, 0.717) is 0 Å². The first kappa shape index (κ1) is 26.5. The van der Waals surface area contributed by atoms with E-state index in [9.17, 15) is 0 Å². The Balaban J connectivity index is 1.14. The zero-order valence-corrected chi connectivity index (χ0v) is 26.4. The first-order valence-corrected chi connectivity index (χ1v) is 16.5. The minimum absolute atomic E-state index is 0.0148. The van der Waals surface area contributed by atoms with E-state index in [1.807, 2.05) is 0 Å². The van der Waals surface area contributed by atoms with Gasteiger partial charge in [-0.25, -0.2) is 0 Å². The molecule has 1 spiro atoms. The fraction of sp³-hybridized carbons (Fsp3) is 0.0870. The highest BCUT2D eigenvalue weighted by atomic mass is 16.5. The Morgan fingerprint density at radius 1 is 0.362 bits per heavy atom. The van der Waals surface area contributed by atoms with Crippen molar-refractivity contribution in [2.24, 2.45) is 0 Å². The van der Waals surface area contributed by atoms with Crippen molar-refractivity contribution in [3.63, 3.8) is 0 Å². The second-order valence-corrected chi connectivity index (χ2v) is 13.6. The molecular formula is C46H32O. The van der Waals surface area contributed by atoms with Crippen LogP contribution in [0.3, 0.4) is 0 Å². The van der Waals surface area contributed by atoms with Gasteiger partial charge in [-0.05, 0) is 85.0 Å². The molecule has 47 heavy (non-hydrogen) atoms. The maximum Gasteiger partial charge on any atom is 0.132 e. The highest BCUT2D eigenvalue weighted by Gasteiger charge is 2.51. The average Bonchev–Trinajstić information content (AvgIpc) is 3.55. The molecule has 0 unspecified atom stereocenters. The number of hydrogen-bond acceptors (Lipinski definition) is 1. The van der Waals surface area contributed by atoms with Gasteiger partial charge in [0.1, 0.15) is 11.5 Å². The lowest BCUT2D eigenvalue weighted by Gasteiger charge is -2.39. The van der Waals surface area contributed by atoms with E-state index in [1.165, 1.54) is 77.9 Å². The summed E-state index contributed by atoms with van der Waals surface area (Å²) in [7, 11) is 0. The predicted octanol–water partition coefficient (Wildman–Crippen LogP) is 11.8. The molecule has 2 aliphatic carbocycles. The molecular weight excluding hydrogens is 569 g/mol. The van der Waals surface area contributed by atoms with Gasteiger partial charge in [-0.1, -0.05) is 153 Å². The topological polar surface area (TPSA) is 9.23 Å². The van der Waals surface area contributed by atoms with Crippen LogP contribution >= 0.6 is 0 Å². The zero-order valence-electron chi connectivity index (χ0n) is 26.4. The van der Waals surface area contributed by atoms with E-state index >= 15 is 0 Å². The molecule has 0 N–H and O–H groups in total. The maximum absolute atomic E-state index is 6.65. The van der Waals surface area contributed by atoms with E-state index in [0.717, 1.165) is 11.5 Å². The molecule has 1 heteroatoms. The molecule has 0 fully saturated rings. The van der Waals surface area contributed by atoms with Gasteiger partial charge < -0.3 is 4.74 Å². The highest BCUT2D eigenvalue weighted by Crippen LogP contribution is 2.62. The predicted molar refractivity (Wildman–Crippen MR) is 192 cm³/mol. The van der Waals surface area contributed by atoms with Gasteiger partial charge in [0, 0.05) is 16.5 Å². The summed E-state index contributed by atoms with van der Waals surface area (Å²) in [5.74, 6) is 1.83. The number of fused-ring (bicyclic) bond motifs is 12. The fourth-order valence-corrected chi connectivity index (χ4v) is 8.87. The lowest BCUT2D eigenvalue weighted by molar-refractivity contribution is 0.436. The van der Waals surface area contributed by atoms with E-state index in [1.54, 1.807) is 0 Å². The van der Waals surface area contributed by atoms with Gasteiger partial charge in [-0.3, -0.25) is 0 Å². The van der Waals surface area contributed by atoms with Crippen molar-refractivity contribution in [3.05, 3.63) is 191 Å². The van der Waals surface area contributed by atoms with E-state index in [-0.39, 0.29) is 5.41 Å². The van der Waals surface area contributed by atoms with E-state index in [4.69, 9.17) is 4.74 Å². The van der Waals surface area contributed by atoms with Crippen LogP contribution in [0.2, 0.25) is 0 Å². The summed E-state index contributed by atoms with van der Waals surface area (Å²) in [6.45, 7) is 4.69. The second kappa shape index (κ2) is 9.44. The second-order valence-electron chi connectivity index (χ2n) is 13.6. The number of para-hydroxylation sites is 1. The quantitative estimate of drug-likeness (QED) is 0.192. The van der Waals surface area contributed by atoms with Crippen molar-refractivity contribution >= 4 is 0 Å². The molecule has 10 rings (SSSR count). The Morgan fingerprint density at radius 2 is 0.872 bits per heavy atom.